The lowest BCUT2D eigenvalue weighted by molar-refractivity contribution is -0.168. The van der Waals surface area contributed by atoms with Crippen molar-refractivity contribution in [3.8, 4) is 11.4 Å². The van der Waals surface area contributed by atoms with E-state index in [4.69, 9.17) is 0 Å². The Labute approximate surface area is 163 Å². The Morgan fingerprint density at radius 1 is 1.11 bits per heavy atom. The fourth-order valence-corrected chi connectivity index (χ4v) is 4.09. The number of hydrogen-bond donors (Lipinski definition) is 1. The van der Waals surface area contributed by atoms with Crippen molar-refractivity contribution in [2.75, 3.05) is 0 Å². The molecule has 4 rings (SSSR count). The van der Waals surface area contributed by atoms with E-state index in [2.05, 4.69) is 15.4 Å². The van der Waals surface area contributed by atoms with Crippen molar-refractivity contribution >= 4 is 17.8 Å². The lowest BCUT2D eigenvalue weighted by Gasteiger charge is -2.37. The highest BCUT2D eigenvalue weighted by Crippen LogP contribution is 2.51. The van der Waals surface area contributed by atoms with Crippen LogP contribution >= 0.6 is 11.8 Å². The van der Waals surface area contributed by atoms with E-state index in [1.807, 2.05) is 19.1 Å². The molecule has 1 atom stereocenters. The monoisotopic (exact) mass is 404 g/mol. The highest BCUT2D eigenvalue weighted by molar-refractivity contribution is 8.00. The molecule has 9 heteroatoms. The van der Waals surface area contributed by atoms with Gasteiger partial charge in [0.05, 0.1) is 0 Å². The summed E-state index contributed by atoms with van der Waals surface area (Å²) in [5.74, 6) is 0.200. The topological polar surface area (TPSA) is 59.8 Å². The van der Waals surface area contributed by atoms with Crippen LogP contribution in [0, 0.1) is 0 Å². The smallest absolute Gasteiger partial charge is 0.309 e. The molecule has 0 spiro atoms. The molecule has 1 amide bonds. The number of fused-ring (bicyclic) bond motifs is 1. The van der Waals surface area contributed by atoms with Gasteiger partial charge in [0.2, 0.25) is 4.87 Å². The maximum atomic E-state index is 14.1. The zero-order valence-electron chi connectivity index (χ0n) is 14.7. The molecule has 0 fully saturated rings. The fraction of sp³-hybridized carbons (Fsp3) is 0.211. The number of carbonyl (C=O) groups excluding carboxylic acids is 1. The Morgan fingerprint density at radius 2 is 1.79 bits per heavy atom. The summed E-state index contributed by atoms with van der Waals surface area (Å²) in [6.45, 7) is 2.02. The van der Waals surface area contributed by atoms with Crippen molar-refractivity contribution in [1.29, 1.82) is 0 Å². The maximum Gasteiger partial charge on any atom is 0.425 e. The van der Waals surface area contributed by atoms with Crippen LogP contribution < -0.4 is 5.32 Å². The molecule has 1 aliphatic heterocycles. The fourth-order valence-electron chi connectivity index (χ4n) is 2.97. The summed E-state index contributed by atoms with van der Waals surface area (Å²) < 4.78 is 43.1. The molecule has 0 radical (unpaired) electrons. The van der Waals surface area contributed by atoms with Gasteiger partial charge in [0.15, 0.2) is 11.0 Å². The summed E-state index contributed by atoms with van der Waals surface area (Å²) >= 11 is 0.424. The molecule has 0 saturated carbocycles. The Kier molecular flexibility index (Phi) is 4.41. The maximum absolute atomic E-state index is 14.1. The number of alkyl halides is 3. The van der Waals surface area contributed by atoms with Crippen LogP contribution in [-0.2, 0) is 11.3 Å². The number of halogens is 3. The molecule has 0 bridgehead atoms. The van der Waals surface area contributed by atoms with E-state index in [0.717, 1.165) is 16.7 Å². The second-order valence-corrected chi connectivity index (χ2v) is 7.44. The zero-order valence-corrected chi connectivity index (χ0v) is 15.5. The van der Waals surface area contributed by atoms with E-state index in [1.54, 1.807) is 18.2 Å². The number of rotatable bonds is 3. The molecule has 5 nitrogen and oxygen atoms in total. The molecule has 28 heavy (non-hydrogen) atoms. The lowest BCUT2D eigenvalue weighted by atomic mass is 10.1. The molecule has 144 valence electrons. The number of carbonyl (C=O) groups is 1. The van der Waals surface area contributed by atoms with Crippen LogP contribution in [0.2, 0.25) is 0 Å². The molecule has 0 saturated heterocycles. The van der Waals surface area contributed by atoms with Crippen molar-refractivity contribution in [2.45, 2.75) is 29.5 Å². The number of hydrogen-bond acceptors (Lipinski definition) is 4. The quantitative estimate of drug-likeness (QED) is 0.694. The van der Waals surface area contributed by atoms with Crippen LogP contribution in [0.5, 0.6) is 0 Å². The average molecular weight is 404 g/mol. The highest BCUT2D eigenvalue weighted by Gasteiger charge is 2.61. The molecule has 2 aromatic carbocycles. The third kappa shape index (κ3) is 2.95. The van der Waals surface area contributed by atoms with Crippen LogP contribution in [0.25, 0.3) is 11.4 Å². The minimum absolute atomic E-state index is 0.0797. The first-order chi connectivity index (χ1) is 13.3. The Morgan fingerprint density at radius 3 is 2.39 bits per heavy atom. The zero-order chi connectivity index (χ0) is 19.9. The minimum atomic E-state index is -4.74. The summed E-state index contributed by atoms with van der Waals surface area (Å²) in [6, 6.07) is 13.7. The Bertz CT molecular complexity index is 1020. The second kappa shape index (κ2) is 6.66. The average Bonchev–Trinajstić information content (AvgIpc) is 3.12. The van der Waals surface area contributed by atoms with Gasteiger partial charge in [-0.15, -0.1) is 5.10 Å². The van der Waals surface area contributed by atoms with Gasteiger partial charge in [-0.25, -0.2) is 9.78 Å². The molecule has 0 aliphatic carbocycles. The summed E-state index contributed by atoms with van der Waals surface area (Å²) in [6.07, 6.45) is -3.88. The van der Waals surface area contributed by atoms with Crippen molar-refractivity contribution in [3.63, 3.8) is 0 Å². The largest absolute Gasteiger partial charge is 0.425 e. The van der Waals surface area contributed by atoms with Crippen LogP contribution in [0.1, 0.15) is 18.1 Å². The standard InChI is InChI=1S/C19H15F3N4OS/c1-2-12-8-10-13(11-9-12)15-23-17-26(25-15)16(27)24-18(28-17,19(20,21)22)14-6-4-3-5-7-14/h3-11H,2H2,1H3,(H,24,27). The van der Waals surface area contributed by atoms with Gasteiger partial charge in [-0.1, -0.05) is 61.5 Å². The molecule has 1 aromatic heterocycles. The van der Waals surface area contributed by atoms with Gasteiger partial charge in [0.1, 0.15) is 0 Å². The van der Waals surface area contributed by atoms with E-state index in [-0.39, 0.29) is 16.5 Å². The lowest BCUT2D eigenvalue weighted by Crippen LogP contribution is -2.57. The number of benzene rings is 2. The van der Waals surface area contributed by atoms with E-state index in [1.165, 1.54) is 24.3 Å². The summed E-state index contributed by atoms with van der Waals surface area (Å²) in [4.78, 5) is 14.1. The third-order valence-corrected chi connectivity index (χ3v) is 5.82. The minimum Gasteiger partial charge on any atom is -0.309 e. The van der Waals surface area contributed by atoms with Gasteiger partial charge >= 0.3 is 12.2 Å². The van der Waals surface area contributed by atoms with Gasteiger partial charge in [0.25, 0.3) is 0 Å². The number of aryl methyl sites for hydroxylation is 1. The van der Waals surface area contributed by atoms with Gasteiger partial charge in [-0.3, -0.25) is 0 Å². The first-order valence-electron chi connectivity index (χ1n) is 8.54. The van der Waals surface area contributed by atoms with Crippen molar-refractivity contribution in [2.24, 2.45) is 0 Å². The summed E-state index contributed by atoms with van der Waals surface area (Å²) in [7, 11) is 0. The predicted molar refractivity (Wildman–Crippen MR) is 98.8 cm³/mol. The van der Waals surface area contributed by atoms with E-state index < -0.39 is 17.1 Å². The first-order valence-corrected chi connectivity index (χ1v) is 9.36. The molecule has 1 N–H and O–H groups in total. The molecule has 2 heterocycles. The van der Waals surface area contributed by atoms with E-state index >= 15 is 0 Å². The molecule has 1 aliphatic rings. The summed E-state index contributed by atoms with van der Waals surface area (Å²) in [5, 5.41) is 6.08. The number of amides is 1. The van der Waals surface area contributed by atoms with Crippen LogP contribution in [0.4, 0.5) is 18.0 Å². The first kappa shape index (κ1) is 18.5. The summed E-state index contributed by atoms with van der Waals surface area (Å²) in [5.41, 5.74) is 1.66. The molecular weight excluding hydrogens is 389 g/mol. The third-order valence-electron chi connectivity index (χ3n) is 4.50. The second-order valence-electron chi connectivity index (χ2n) is 6.26. The van der Waals surface area contributed by atoms with Gasteiger partial charge in [0, 0.05) is 5.56 Å². The number of aromatic nitrogens is 3. The molecule has 3 aromatic rings. The molecule has 1 unspecified atom stereocenters. The highest BCUT2D eigenvalue weighted by atomic mass is 32.2. The van der Waals surface area contributed by atoms with E-state index in [0.29, 0.717) is 17.3 Å². The predicted octanol–water partition coefficient (Wildman–Crippen LogP) is 4.59. The Balaban J connectivity index is 1.79. The van der Waals surface area contributed by atoms with Crippen molar-refractivity contribution in [3.05, 3.63) is 65.7 Å². The van der Waals surface area contributed by atoms with Gasteiger partial charge in [-0.05, 0) is 29.3 Å². The van der Waals surface area contributed by atoms with Crippen molar-refractivity contribution in [1.82, 2.24) is 20.1 Å². The van der Waals surface area contributed by atoms with Crippen LogP contribution in [0.15, 0.2) is 59.8 Å². The van der Waals surface area contributed by atoms with Crippen LogP contribution in [-0.4, -0.2) is 27.0 Å². The van der Waals surface area contributed by atoms with Gasteiger partial charge < -0.3 is 5.32 Å². The number of nitrogens with one attached hydrogen (secondary N) is 1. The number of thioether (sulfide) groups is 1. The van der Waals surface area contributed by atoms with E-state index in [9.17, 15) is 18.0 Å². The molecular formula is C19H15F3N4OS. The Hall–Kier alpha value is -2.81. The van der Waals surface area contributed by atoms with Crippen molar-refractivity contribution < 1.29 is 18.0 Å². The SMILES string of the molecule is CCc1ccc(-c2nc3n(n2)C(=O)NC(c2ccccc2)(C(F)(F)F)S3)cc1. The number of nitrogens with zero attached hydrogens (tertiary/aromatic N) is 3. The van der Waals surface area contributed by atoms with Gasteiger partial charge in [-0.2, -0.15) is 17.9 Å². The normalized spacial score (nSPS) is 19.2. The van der Waals surface area contributed by atoms with Crippen LogP contribution in [0.3, 0.4) is 0 Å².